The number of aryl methyl sites for hydroxylation is 1. The number of nitrogens with two attached hydrogens (primary N) is 1. The van der Waals surface area contributed by atoms with E-state index in [0.29, 0.717) is 11.1 Å². The van der Waals surface area contributed by atoms with Gasteiger partial charge >= 0.3 is 0 Å². The molecule has 0 spiro atoms. The van der Waals surface area contributed by atoms with Gasteiger partial charge in [0.1, 0.15) is 17.5 Å². The van der Waals surface area contributed by atoms with Crippen molar-refractivity contribution < 1.29 is 13.2 Å². The van der Waals surface area contributed by atoms with E-state index in [1.54, 1.807) is 19.1 Å². The Balaban J connectivity index is 2.20. The smallest absolute Gasteiger partial charge is 0.129 e. The Bertz CT molecular complexity index is 596. The Morgan fingerprint density at radius 3 is 2.37 bits per heavy atom. The minimum Gasteiger partial charge on any atom is -0.324 e. The highest BCUT2D eigenvalue weighted by Gasteiger charge is 2.12. The fourth-order valence-corrected chi connectivity index (χ4v) is 1.94. The minimum absolute atomic E-state index is 0.233. The number of benzene rings is 2. The maximum atomic E-state index is 13.5. The van der Waals surface area contributed by atoms with Gasteiger partial charge in [0.15, 0.2) is 0 Å². The van der Waals surface area contributed by atoms with Crippen molar-refractivity contribution in [2.24, 2.45) is 5.73 Å². The van der Waals surface area contributed by atoms with E-state index in [2.05, 4.69) is 0 Å². The van der Waals surface area contributed by atoms with Gasteiger partial charge in [-0.05, 0) is 42.2 Å². The number of hydrogen-bond acceptors (Lipinski definition) is 1. The van der Waals surface area contributed by atoms with E-state index >= 15 is 0 Å². The van der Waals surface area contributed by atoms with Gasteiger partial charge in [-0.25, -0.2) is 13.2 Å². The average molecular weight is 265 g/mol. The van der Waals surface area contributed by atoms with E-state index in [-0.39, 0.29) is 12.2 Å². The van der Waals surface area contributed by atoms with E-state index in [1.165, 1.54) is 18.2 Å². The largest absolute Gasteiger partial charge is 0.324 e. The van der Waals surface area contributed by atoms with Crippen LogP contribution in [0.4, 0.5) is 13.2 Å². The maximum Gasteiger partial charge on any atom is 0.129 e. The van der Waals surface area contributed by atoms with Crippen LogP contribution in [0.25, 0.3) is 0 Å². The molecule has 0 bridgehead atoms. The predicted molar refractivity (Wildman–Crippen MR) is 68.1 cm³/mol. The lowest BCUT2D eigenvalue weighted by atomic mass is 9.98. The highest BCUT2D eigenvalue weighted by atomic mass is 19.1. The van der Waals surface area contributed by atoms with Crippen LogP contribution in [0.1, 0.15) is 22.7 Å². The standard InChI is InChI=1S/C15H14F3N/c1-9-6-11(3-5-13(9)17)15(19)7-10-2-4-12(16)8-14(10)18/h2-6,8,15H,7,19H2,1H3. The maximum absolute atomic E-state index is 13.5. The molecule has 2 aromatic rings. The highest BCUT2D eigenvalue weighted by molar-refractivity contribution is 5.28. The van der Waals surface area contributed by atoms with E-state index in [4.69, 9.17) is 5.73 Å². The van der Waals surface area contributed by atoms with Crippen LogP contribution < -0.4 is 5.73 Å². The summed E-state index contributed by atoms with van der Waals surface area (Å²) in [4.78, 5) is 0. The summed E-state index contributed by atoms with van der Waals surface area (Å²) in [6, 6.07) is 7.50. The van der Waals surface area contributed by atoms with Gasteiger partial charge in [0, 0.05) is 12.1 Å². The van der Waals surface area contributed by atoms with Crippen LogP contribution in [0, 0.1) is 24.4 Å². The molecule has 2 rings (SSSR count). The summed E-state index contributed by atoms with van der Waals surface area (Å²) in [5.41, 5.74) is 7.53. The summed E-state index contributed by atoms with van der Waals surface area (Å²) in [6.07, 6.45) is 0.233. The lowest BCUT2D eigenvalue weighted by Crippen LogP contribution is -2.14. The molecule has 0 aliphatic rings. The quantitative estimate of drug-likeness (QED) is 0.900. The molecular weight excluding hydrogens is 251 g/mol. The molecule has 4 heteroatoms. The molecule has 0 amide bonds. The van der Waals surface area contributed by atoms with Crippen molar-refractivity contribution in [2.75, 3.05) is 0 Å². The molecule has 0 radical (unpaired) electrons. The molecule has 0 aliphatic heterocycles. The van der Waals surface area contributed by atoms with Crippen LogP contribution in [-0.2, 0) is 6.42 Å². The van der Waals surface area contributed by atoms with Crippen molar-refractivity contribution >= 4 is 0 Å². The van der Waals surface area contributed by atoms with E-state index in [9.17, 15) is 13.2 Å². The van der Waals surface area contributed by atoms with Gasteiger partial charge in [-0.1, -0.05) is 18.2 Å². The fourth-order valence-electron chi connectivity index (χ4n) is 1.94. The topological polar surface area (TPSA) is 26.0 Å². The Morgan fingerprint density at radius 2 is 1.74 bits per heavy atom. The molecule has 19 heavy (non-hydrogen) atoms. The zero-order chi connectivity index (χ0) is 14.0. The highest BCUT2D eigenvalue weighted by Crippen LogP contribution is 2.20. The first kappa shape index (κ1) is 13.6. The second kappa shape index (κ2) is 5.45. The number of hydrogen-bond donors (Lipinski definition) is 1. The van der Waals surface area contributed by atoms with Crippen LogP contribution >= 0.6 is 0 Å². The predicted octanol–water partition coefficient (Wildman–Crippen LogP) is 3.65. The minimum atomic E-state index is -0.618. The second-order valence-corrected chi connectivity index (χ2v) is 4.55. The normalized spacial score (nSPS) is 12.5. The van der Waals surface area contributed by atoms with Crippen LogP contribution in [0.15, 0.2) is 36.4 Å². The molecule has 0 fully saturated rings. The van der Waals surface area contributed by atoms with Gasteiger partial charge in [0.05, 0.1) is 0 Å². The average Bonchev–Trinajstić information content (AvgIpc) is 2.36. The van der Waals surface area contributed by atoms with Crippen molar-refractivity contribution in [1.82, 2.24) is 0 Å². The van der Waals surface area contributed by atoms with Gasteiger partial charge in [-0.3, -0.25) is 0 Å². The van der Waals surface area contributed by atoms with Crippen molar-refractivity contribution in [3.8, 4) is 0 Å². The fraction of sp³-hybridized carbons (Fsp3) is 0.200. The van der Waals surface area contributed by atoms with Gasteiger partial charge in [0.2, 0.25) is 0 Å². The zero-order valence-corrected chi connectivity index (χ0v) is 10.5. The zero-order valence-electron chi connectivity index (χ0n) is 10.5. The molecule has 0 aliphatic carbocycles. The third kappa shape index (κ3) is 3.15. The van der Waals surface area contributed by atoms with Gasteiger partial charge in [-0.15, -0.1) is 0 Å². The molecule has 0 saturated carbocycles. The molecular formula is C15H14F3N. The Kier molecular flexibility index (Phi) is 3.90. The van der Waals surface area contributed by atoms with Crippen molar-refractivity contribution in [3.05, 3.63) is 70.5 Å². The molecule has 2 N–H and O–H groups in total. The van der Waals surface area contributed by atoms with Crippen LogP contribution in [0.5, 0.6) is 0 Å². The third-order valence-corrected chi connectivity index (χ3v) is 3.07. The van der Waals surface area contributed by atoms with Crippen LogP contribution in [0.3, 0.4) is 0 Å². The van der Waals surface area contributed by atoms with Crippen molar-refractivity contribution in [3.63, 3.8) is 0 Å². The van der Waals surface area contributed by atoms with Crippen molar-refractivity contribution in [2.45, 2.75) is 19.4 Å². The van der Waals surface area contributed by atoms with Gasteiger partial charge in [0.25, 0.3) is 0 Å². The summed E-state index contributed by atoms with van der Waals surface area (Å²) in [5, 5.41) is 0. The molecule has 1 unspecified atom stereocenters. The lowest BCUT2D eigenvalue weighted by Gasteiger charge is -2.13. The Morgan fingerprint density at radius 1 is 1.00 bits per heavy atom. The molecule has 0 heterocycles. The third-order valence-electron chi connectivity index (χ3n) is 3.07. The summed E-state index contributed by atoms with van der Waals surface area (Å²) >= 11 is 0. The summed E-state index contributed by atoms with van der Waals surface area (Å²) in [7, 11) is 0. The monoisotopic (exact) mass is 265 g/mol. The molecule has 0 aromatic heterocycles. The lowest BCUT2D eigenvalue weighted by molar-refractivity contribution is 0.562. The Hall–Kier alpha value is -1.81. The number of halogens is 3. The summed E-state index contributed by atoms with van der Waals surface area (Å²) in [6.45, 7) is 1.64. The van der Waals surface area contributed by atoms with Crippen molar-refractivity contribution in [1.29, 1.82) is 0 Å². The van der Waals surface area contributed by atoms with Crippen LogP contribution in [0.2, 0.25) is 0 Å². The molecule has 2 aromatic carbocycles. The first-order valence-corrected chi connectivity index (χ1v) is 5.93. The van der Waals surface area contributed by atoms with E-state index < -0.39 is 17.7 Å². The van der Waals surface area contributed by atoms with E-state index in [0.717, 1.165) is 11.6 Å². The second-order valence-electron chi connectivity index (χ2n) is 4.55. The first-order valence-electron chi connectivity index (χ1n) is 5.93. The molecule has 1 atom stereocenters. The van der Waals surface area contributed by atoms with Gasteiger partial charge < -0.3 is 5.73 Å². The SMILES string of the molecule is Cc1cc(C(N)Cc2ccc(F)cc2F)ccc1F. The molecule has 100 valence electrons. The summed E-state index contributed by atoms with van der Waals surface area (Å²) < 4.78 is 39.5. The molecule has 1 nitrogen and oxygen atoms in total. The molecule has 0 saturated heterocycles. The van der Waals surface area contributed by atoms with E-state index in [1.807, 2.05) is 0 Å². The summed E-state index contributed by atoms with van der Waals surface area (Å²) in [5.74, 6) is -1.54. The van der Waals surface area contributed by atoms with Gasteiger partial charge in [-0.2, -0.15) is 0 Å². The Labute approximate surface area is 109 Å². The number of rotatable bonds is 3. The van der Waals surface area contributed by atoms with Crippen LogP contribution in [-0.4, -0.2) is 0 Å². The first-order chi connectivity index (χ1) is 8.97.